The Morgan fingerprint density at radius 3 is 2.85 bits per heavy atom. The van der Waals surface area contributed by atoms with Gasteiger partial charge in [0, 0.05) is 5.92 Å². The SMILES string of the molecule is O[C@@H]1CCC[C@@H]1[C@@H](O)c1ccco1. The maximum absolute atomic E-state index is 9.83. The summed E-state index contributed by atoms with van der Waals surface area (Å²) >= 11 is 0. The summed E-state index contributed by atoms with van der Waals surface area (Å²) in [6.07, 6.45) is 3.18. The number of rotatable bonds is 2. The highest BCUT2D eigenvalue weighted by molar-refractivity contribution is 5.04. The van der Waals surface area contributed by atoms with Crippen molar-refractivity contribution in [3.63, 3.8) is 0 Å². The largest absolute Gasteiger partial charge is 0.467 e. The van der Waals surface area contributed by atoms with Gasteiger partial charge in [0.1, 0.15) is 11.9 Å². The molecule has 0 aromatic carbocycles. The van der Waals surface area contributed by atoms with Crippen LogP contribution in [0.25, 0.3) is 0 Å². The molecule has 1 aliphatic rings. The van der Waals surface area contributed by atoms with Crippen LogP contribution in [0.2, 0.25) is 0 Å². The quantitative estimate of drug-likeness (QED) is 0.728. The van der Waals surface area contributed by atoms with Gasteiger partial charge in [0.05, 0.1) is 12.4 Å². The highest BCUT2D eigenvalue weighted by atomic mass is 16.4. The lowest BCUT2D eigenvalue weighted by Gasteiger charge is -2.18. The second kappa shape index (κ2) is 3.52. The van der Waals surface area contributed by atoms with E-state index in [9.17, 15) is 10.2 Å². The standard InChI is InChI=1S/C10H14O3/c11-8-4-1-3-7(8)10(12)9-5-2-6-13-9/h2,5-8,10-12H,1,3-4H2/t7-,8+,10+/m0/s1. The number of aliphatic hydroxyl groups excluding tert-OH is 2. The molecule has 0 bridgehead atoms. The first-order valence-corrected chi connectivity index (χ1v) is 4.68. The van der Waals surface area contributed by atoms with Crippen molar-refractivity contribution in [2.45, 2.75) is 31.5 Å². The summed E-state index contributed by atoms with van der Waals surface area (Å²) in [6, 6.07) is 3.50. The van der Waals surface area contributed by atoms with Crippen molar-refractivity contribution in [1.82, 2.24) is 0 Å². The summed E-state index contributed by atoms with van der Waals surface area (Å²) in [5.74, 6) is 0.511. The molecule has 1 aromatic heterocycles. The molecule has 2 N–H and O–H groups in total. The average molecular weight is 182 g/mol. The molecule has 2 rings (SSSR count). The average Bonchev–Trinajstić information content (AvgIpc) is 2.72. The van der Waals surface area contributed by atoms with Crippen LogP contribution in [0.4, 0.5) is 0 Å². The zero-order valence-corrected chi connectivity index (χ0v) is 7.39. The summed E-state index contributed by atoms with van der Waals surface area (Å²) in [5, 5.41) is 19.4. The Bertz CT molecular complexity index is 255. The Hall–Kier alpha value is -0.800. The zero-order valence-electron chi connectivity index (χ0n) is 7.39. The molecule has 3 atom stereocenters. The van der Waals surface area contributed by atoms with Crippen molar-refractivity contribution in [1.29, 1.82) is 0 Å². The summed E-state index contributed by atoms with van der Waals surface area (Å²) in [6.45, 7) is 0. The van der Waals surface area contributed by atoms with Gasteiger partial charge in [-0.25, -0.2) is 0 Å². The van der Waals surface area contributed by atoms with Crippen molar-refractivity contribution < 1.29 is 14.6 Å². The zero-order chi connectivity index (χ0) is 9.26. The van der Waals surface area contributed by atoms with Gasteiger partial charge in [-0.2, -0.15) is 0 Å². The molecule has 0 saturated heterocycles. The second-order valence-corrected chi connectivity index (χ2v) is 3.62. The van der Waals surface area contributed by atoms with E-state index in [0.717, 1.165) is 19.3 Å². The van der Waals surface area contributed by atoms with Gasteiger partial charge < -0.3 is 14.6 Å². The molecule has 1 fully saturated rings. The molecule has 0 amide bonds. The topological polar surface area (TPSA) is 53.6 Å². The van der Waals surface area contributed by atoms with Gasteiger partial charge in [-0.05, 0) is 25.0 Å². The third-order valence-corrected chi connectivity index (χ3v) is 2.77. The molecular weight excluding hydrogens is 168 g/mol. The number of hydrogen-bond acceptors (Lipinski definition) is 3. The monoisotopic (exact) mass is 182 g/mol. The van der Waals surface area contributed by atoms with Gasteiger partial charge in [0.15, 0.2) is 0 Å². The second-order valence-electron chi connectivity index (χ2n) is 3.62. The molecule has 1 heterocycles. The predicted octanol–water partition coefficient (Wildman–Crippen LogP) is 1.47. The van der Waals surface area contributed by atoms with Crippen molar-refractivity contribution in [3.8, 4) is 0 Å². The predicted molar refractivity (Wildman–Crippen MR) is 47.0 cm³/mol. The Balaban J connectivity index is 2.08. The molecule has 72 valence electrons. The smallest absolute Gasteiger partial charge is 0.132 e. The van der Waals surface area contributed by atoms with E-state index >= 15 is 0 Å². The van der Waals surface area contributed by atoms with Crippen LogP contribution in [0, 0.1) is 5.92 Å². The van der Waals surface area contributed by atoms with Gasteiger partial charge in [-0.15, -0.1) is 0 Å². The Labute approximate surface area is 77.0 Å². The summed E-state index contributed by atoms with van der Waals surface area (Å²) in [5.41, 5.74) is 0. The lowest BCUT2D eigenvalue weighted by atomic mass is 9.97. The Morgan fingerprint density at radius 1 is 1.46 bits per heavy atom. The minimum Gasteiger partial charge on any atom is -0.467 e. The fraction of sp³-hybridized carbons (Fsp3) is 0.600. The first-order valence-electron chi connectivity index (χ1n) is 4.68. The number of furan rings is 1. The third kappa shape index (κ3) is 1.62. The Kier molecular flexibility index (Phi) is 2.38. The summed E-state index contributed by atoms with van der Waals surface area (Å²) in [7, 11) is 0. The molecule has 13 heavy (non-hydrogen) atoms. The highest BCUT2D eigenvalue weighted by Gasteiger charge is 2.33. The van der Waals surface area contributed by atoms with E-state index in [1.54, 1.807) is 18.4 Å². The van der Waals surface area contributed by atoms with Crippen LogP contribution in [0.15, 0.2) is 22.8 Å². The highest BCUT2D eigenvalue weighted by Crippen LogP contribution is 2.35. The fourth-order valence-electron chi connectivity index (χ4n) is 2.01. The van der Waals surface area contributed by atoms with E-state index in [1.807, 2.05) is 0 Å². The molecule has 1 aliphatic carbocycles. The molecule has 1 saturated carbocycles. The molecule has 1 aromatic rings. The van der Waals surface area contributed by atoms with Crippen molar-refractivity contribution >= 4 is 0 Å². The molecular formula is C10H14O3. The fourth-order valence-corrected chi connectivity index (χ4v) is 2.01. The summed E-state index contributed by atoms with van der Waals surface area (Å²) < 4.78 is 5.09. The van der Waals surface area contributed by atoms with Gasteiger partial charge >= 0.3 is 0 Å². The van der Waals surface area contributed by atoms with E-state index in [2.05, 4.69) is 0 Å². The van der Waals surface area contributed by atoms with Crippen LogP contribution >= 0.6 is 0 Å². The minimum absolute atomic E-state index is 0.0499. The van der Waals surface area contributed by atoms with E-state index in [4.69, 9.17) is 4.42 Å². The van der Waals surface area contributed by atoms with Gasteiger partial charge in [0.25, 0.3) is 0 Å². The van der Waals surface area contributed by atoms with E-state index in [-0.39, 0.29) is 12.0 Å². The van der Waals surface area contributed by atoms with Crippen molar-refractivity contribution in [2.24, 2.45) is 5.92 Å². The maximum atomic E-state index is 9.83. The minimum atomic E-state index is -0.646. The van der Waals surface area contributed by atoms with Crippen LogP contribution in [-0.4, -0.2) is 16.3 Å². The first kappa shape index (κ1) is 8.78. The Morgan fingerprint density at radius 2 is 2.31 bits per heavy atom. The third-order valence-electron chi connectivity index (χ3n) is 2.77. The first-order chi connectivity index (χ1) is 6.29. The summed E-state index contributed by atoms with van der Waals surface area (Å²) in [4.78, 5) is 0. The molecule has 3 nitrogen and oxygen atoms in total. The molecule has 0 radical (unpaired) electrons. The van der Waals surface area contributed by atoms with Crippen LogP contribution in [-0.2, 0) is 0 Å². The lowest BCUT2D eigenvalue weighted by molar-refractivity contribution is 0.0186. The number of aliphatic hydroxyl groups is 2. The van der Waals surface area contributed by atoms with Gasteiger partial charge in [-0.3, -0.25) is 0 Å². The molecule has 0 spiro atoms. The van der Waals surface area contributed by atoms with Crippen molar-refractivity contribution in [3.05, 3.63) is 24.2 Å². The van der Waals surface area contributed by atoms with Crippen LogP contribution in [0.1, 0.15) is 31.1 Å². The van der Waals surface area contributed by atoms with E-state index in [1.165, 1.54) is 0 Å². The van der Waals surface area contributed by atoms with Gasteiger partial charge in [0.2, 0.25) is 0 Å². The number of hydrogen-bond donors (Lipinski definition) is 2. The van der Waals surface area contributed by atoms with Crippen LogP contribution in [0.5, 0.6) is 0 Å². The van der Waals surface area contributed by atoms with Gasteiger partial charge in [-0.1, -0.05) is 6.42 Å². The maximum Gasteiger partial charge on any atom is 0.132 e. The van der Waals surface area contributed by atoms with E-state index < -0.39 is 6.10 Å². The van der Waals surface area contributed by atoms with Crippen molar-refractivity contribution in [2.75, 3.05) is 0 Å². The van der Waals surface area contributed by atoms with E-state index in [0.29, 0.717) is 5.76 Å². The molecule has 3 heteroatoms. The van der Waals surface area contributed by atoms with Crippen LogP contribution in [0.3, 0.4) is 0 Å². The molecule has 0 aliphatic heterocycles. The van der Waals surface area contributed by atoms with Crippen LogP contribution < -0.4 is 0 Å². The molecule has 0 unspecified atom stereocenters. The normalized spacial score (nSPS) is 30.6. The lowest BCUT2D eigenvalue weighted by Crippen LogP contribution is -2.20.